The van der Waals surface area contributed by atoms with Crippen LogP contribution in [0.4, 0.5) is 10.2 Å². The zero-order valence-corrected chi connectivity index (χ0v) is 9.47. The van der Waals surface area contributed by atoms with Gasteiger partial charge in [-0.1, -0.05) is 0 Å². The topological polar surface area (TPSA) is 34.2 Å². The van der Waals surface area contributed by atoms with Crippen molar-refractivity contribution >= 4 is 16.7 Å². The fourth-order valence-electron chi connectivity index (χ4n) is 1.73. The molecule has 0 aliphatic rings. The second-order valence-corrected chi connectivity index (χ2v) is 3.58. The molecule has 0 radical (unpaired) electrons. The highest BCUT2D eigenvalue weighted by Crippen LogP contribution is 2.28. The molecule has 1 heterocycles. The third kappa shape index (κ3) is 1.66. The van der Waals surface area contributed by atoms with E-state index < -0.39 is 0 Å². The molecule has 0 saturated heterocycles. The minimum absolute atomic E-state index is 0.317. The summed E-state index contributed by atoms with van der Waals surface area (Å²) in [7, 11) is 3.31. The number of aromatic nitrogens is 1. The zero-order valence-electron chi connectivity index (χ0n) is 9.47. The summed E-state index contributed by atoms with van der Waals surface area (Å²) in [4.78, 5) is 4.40. The van der Waals surface area contributed by atoms with Gasteiger partial charge in [-0.15, -0.1) is 0 Å². The quantitative estimate of drug-likeness (QED) is 0.845. The smallest absolute Gasteiger partial charge is 0.148 e. The van der Waals surface area contributed by atoms with E-state index in [-0.39, 0.29) is 5.82 Å². The average molecular weight is 220 g/mol. The molecule has 0 saturated carbocycles. The number of nitrogens with zero attached hydrogens (tertiary/aromatic N) is 1. The van der Waals surface area contributed by atoms with Gasteiger partial charge >= 0.3 is 0 Å². The number of rotatable bonds is 2. The molecule has 4 heteroatoms. The first-order valence-electron chi connectivity index (χ1n) is 4.98. The van der Waals surface area contributed by atoms with Gasteiger partial charge in [-0.3, -0.25) is 0 Å². The summed E-state index contributed by atoms with van der Waals surface area (Å²) >= 11 is 0. The van der Waals surface area contributed by atoms with E-state index in [9.17, 15) is 4.39 Å². The number of halogens is 1. The van der Waals surface area contributed by atoms with Crippen molar-refractivity contribution in [2.75, 3.05) is 19.5 Å². The molecule has 1 N–H and O–H groups in total. The van der Waals surface area contributed by atoms with Gasteiger partial charge in [0, 0.05) is 18.5 Å². The summed E-state index contributed by atoms with van der Waals surface area (Å²) in [6.45, 7) is 1.93. The molecule has 1 aromatic carbocycles. The summed E-state index contributed by atoms with van der Waals surface area (Å²) < 4.78 is 18.4. The van der Waals surface area contributed by atoms with Crippen molar-refractivity contribution in [2.24, 2.45) is 0 Å². The van der Waals surface area contributed by atoms with E-state index in [1.54, 1.807) is 7.05 Å². The third-order valence-electron chi connectivity index (χ3n) is 2.50. The molecular formula is C12H13FN2O. The van der Waals surface area contributed by atoms with Crippen molar-refractivity contribution in [1.29, 1.82) is 0 Å². The largest absolute Gasteiger partial charge is 0.494 e. The second-order valence-electron chi connectivity index (χ2n) is 3.58. The molecule has 0 fully saturated rings. The first-order chi connectivity index (χ1) is 7.65. The van der Waals surface area contributed by atoms with Gasteiger partial charge in [-0.25, -0.2) is 9.37 Å². The van der Waals surface area contributed by atoms with Gasteiger partial charge < -0.3 is 10.1 Å². The first-order valence-corrected chi connectivity index (χ1v) is 4.98. The third-order valence-corrected chi connectivity index (χ3v) is 2.50. The van der Waals surface area contributed by atoms with Crippen LogP contribution in [-0.4, -0.2) is 19.1 Å². The Kier molecular flexibility index (Phi) is 2.64. The molecule has 2 rings (SSSR count). The molecule has 3 nitrogen and oxygen atoms in total. The fourth-order valence-corrected chi connectivity index (χ4v) is 1.73. The lowest BCUT2D eigenvalue weighted by Gasteiger charge is -2.09. The van der Waals surface area contributed by atoms with Crippen molar-refractivity contribution in [3.05, 3.63) is 29.6 Å². The van der Waals surface area contributed by atoms with Crippen LogP contribution in [0.25, 0.3) is 10.9 Å². The molecule has 84 valence electrons. The molecule has 16 heavy (non-hydrogen) atoms. The molecule has 0 unspecified atom stereocenters. The maximum atomic E-state index is 13.3. The predicted molar refractivity (Wildman–Crippen MR) is 62.5 cm³/mol. The van der Waals surface area contributed by atoms with Crippen LogP contribution in [0.5, 0.6) is 5.75 Å². The number of hydrogen-bond donors (Lipinski definition) is 1. The van der Waals surface area contributed by atoms with Gasteiger partial charge in [-0.05, 0) is 24.6 Å². The molecule has 0 aliphatic carbocycles. The highest BCUT2D eigenvalue weighted by atomic mass is 19.1. The number of nitrogens with one attached hydrogen (secondary N) is 1. The average Bonchev–Trinajstić information content (AvgIpc) is 2.26. The van der Waals surface area contributed by atoms with Crippen LogP contribution >= 0.6 is 0 Å². The van der Waals surface area contributed by atoms with Crippen LogP contribution in [0.2, 0.25) is 0 Å². The van der Waals surface area contributed by atoms with Gasteiger partial charge in [0.25, 0.3) is 0 Å². The number of aryl methyl sites for hydroxylation is 1. The van der Waals surface area contributed by atoms with Crippen LogP contribution < -0.4 is 10.1 Å². The van der Waals surface area contributed by atoms with E-state index in [0.717, 1.165) is 16.8 Å². The Bertz CT molecular complexity index is 540. The molecule has 0 bridgehead atoms. The van der Waals surface area contributed by atoms with Crippen LogP contribution in [-0.2, 0) is 0 Å². The van der Waals surface area contributed by atoms with Gasteiger partial charge in [0.1, 0.15) is 22.9 Å². The standard InChI is InChI=1S/C12H13FN2O/c1-7-4-8-5-9(13)6-10(16-3)11(8)15-12(7)14-2/h4-6H,1-3H3,(H,14,15). The van der Waals surface area contributed by atoms with E-state index in [4.69, 9.17) is 4.74 Å². The van der Waals surface area contributed by atoms with Crippen molar-refractivity contribution in [3.8, 4) is 5.75 Å². The van der Waals surface area contributed by atoms with E-state index in [1.165, 1.54) is 19.2 Å². The molecule has 0 atom stereocenters. The Hall–Kier alpha value is -1.84. The minimum atomic E-state index is -0.317. The van der Waals surface area contributed by atoms with Gasteiger partial charge in [0.2, 0.25) is 0 Å². The summed E-state index contributed by atoms with van der Waals surface area (Å²) in [5, 5.41) is 3.74. The maximum Gasteiger partial charge on any atom is 0.148 e. The van der Waals surface area contributed by atoms with Gasteiger partial charge in [0.05, 0.1) is 7.11 Å². The normalized spacial score (nSPS) is 10.5. The fraction of sp³-hybridized carbons (Fsp3) is 0.250. The van der Waals surface area contributed by atoms with E-state index >= 15 is 0 Å². The molecule has 0 spiro atoms. The number of hydrogen-bond acceptors (Lipinski definition) is 3. The summed E-state index contributed by atoms with van der Waals surface area (Å²) in [6, 6.07) is 4.68. The Morgan fingerprint density at radius 2 is 2.06 bits per heavy atom. The SMILES string of the molecule is CNc1nc2c(OC)cc(F)cc2cc1C. The minimum Gasteiger partial charge on any atom is -0.494 e. The second kappa shape index (κ2) is 3.96. The van der Waals surface area contributed by atoms with Gasteiger partial charge in [-0.2, -0.15) is 0 Å². The number of pyridine rings is 1. The summed E-state index contributed by atoms with van der Waals surface area (Å²) in [5.74, 6) is 0.909. The molecule has 0 amide bonds. The lowest BCUT2D eigenvalue weighted by molar-refractivity contribution is 0.415. The first kappa shape index (κ1) is 10.7. The van der Waals surface area contributed by atoms with E-state index in [1.807, 2.05) is 13.0 Å². The van der Waals surface area contributed by atoms with Crippen molar-refractivity contribution < 1.29 is 9.13 Å². The van der Waals surface area contributed by atoms with Crippen LogP contribution in [0.3, 0.4) is 0 Å². The lowest BCUT2D eigenvalue weighted by Crippen LogP contribution is -1.98. The molecule has 2 aromatic rings. The number of methoxy groups -OCH3 is 1. The maximum absolute atomic E-state index is 13.3. The number of benzene rings is 1. The highest BCUT2D eigenvalue weighted by Gasteiger charge is 2.08. The molecular weight excluding hydrogens is 207 g/mol. The summed E-state index contributed by atoms with van der Waals surface area (Å²) in [6.07, 6.45) is 0. The number of fused-ring (bicyclic) bond motifs is 1. The Morgan fingerprint density at radius 3 is 2.69 bits per heavy atom. The highest BCUT2D eigenvalue weighted by molar-refractivity contribution is 5.87. The molecule has 0 aliphatic heterocycles. The van der Waals surface area contributed by atoms with Crippen molar-refractivity contribution in [2.45, 2.75) is 6.92 Å². The number of ether oxygens (including phenoxy) is 1. The van der Waals surface area contributed by atoms with Crippen molar-refractivity contribution in [1.82, 2.24) is 4.98 Å². The Morgan fingerprint density at radius 1 is 1.31 bits per heavy atom. The van der Waals surface area contributed by atoms with Crippen LogP contribution in [0, 0.1) is 12.7 Å². The lowest BCUT2D eigenvalue weighted by atomic mass is 10.1. The summed E-state index contributed by atoms with van der Waals surface area (Å²) in [5.41, 5.74) is 1.64. The van der Waals surface area contributed by atoms with Gasteiger partial charge in [0.15, 0.2) is 0 Å². The van der Waals surface area contributed by atoms with Crippen LogP contribution in [0.15, 0.2) is 18.2 Å². The van der Waals surface area contributed by atoms with Crippen LogP contribution in [0.1, 0.15) is 5.56 Å². The monoisotopic (exact) mass is 220 g/mol. The predicted octanol–water partition coefficient (Wildman–Crippen LogP) is 2.73. The van der Waals surface area contributed by atoms with E-state index in [2.05, 4.69) is 10.3 Å². The number of anilines is 1. The molecule has 1 aromatic heterocycles. The zero-order chi connectivity index (χ0) is 11.7. The van der Waals surface area contributed by atoms with Crippen molar-refractivity contribution in [3.63, 3.8) is 0 Å². The Balaban J connectivity index is 2.79. The Labute approximate surface area is 93.3 Å². The van der Waals surface area contributed by atoms with E-state index in [0.29, 0.717) is 11.3 Å².